The lowest BCUT2D eigenvalue weighted by Crippen LogP contribution is -2.38. The maximum absolute atomic E-state index is 12.9. The molecule has 0 spiro atoms. The van der Waals surface area contributed by atoms with Crippen LogP contribution in [0.3, 0.4) is 0 Å². The van der Waals surface area contributed by atoms with E-state index in [0.717, 1.165) is 23.3 Å². The molecule has 0 saturated heterocycles. The molecule has 0 radical (unpaired) electrons. The van der Waals surface area contributed by atoms with Gasteiger partial charge < -0.3 is 23.5 Å². The zero-order valence-electron chi connectivity index (χ0n) is 19.0. The van der Waals surface area contributed by atoms with Crippen molar-refractivity contribution in [3.8, 4) is 22.8 Å². The Balaban J connectivity index is 1.38. The molecule has 10 heteroatoms. The first-order valence-corrected chi connectivity index (χ1v) is 10.7. The summed E-state index contributed by atoms with van der Waals surface area (Å²) in [5.41, 5.74) is 1.28. The van der Waals surface area contributed by atoms with Crippen molar-refractivity contribution in [1.82, 2.24) is 4.90 Å². The average Bonchev–Trinajstić information content (AvgIpc) is 3.36. The number of methoxy groups -OCH3 is 2. The van der Waals surface area contributed by atoms with Gasteiger partial charge in [0.15, 0.2) is 18.1 Å². The summed E-state index contributed by atoms with van der Waals surface area (Å²) >= 11 is 0. The Kier molecular flexibility index (Phi) is 6.72. The van der Waals surface area contributed by atoms with Gasteiger partial charge >= 0.3 is 12.1 Å². The second-order valence-electron chi connectivity index (χ2n) is 7.86. The zero-order chi connectivity index (χ0) is 25.2. The van der Waals surface area contributed by atoms with Gasteiger partial charge in [-0.25, -0.2) is 4.79 Å². The number of ether oxygens (including phenoxy) is 3. The van der Waals surface area contributed by atoms with Crippen molar-refractivity contribution in [3.63, 3.8) is 0 Å². The minimum Gasteiger partial charge on any atom is -0.493 e. The van der Waals surface area contributed by atoms with Crippen LogP contribution in [0.5, 0.6) is 11.5 Å². The average molecular weight is 489 g/mol. The molecule has 0 N–H and O–H groups in total. The summed E-state index contributed by atoms with van der Waals surface area (Å²) in [5, 5.41) is 0. The molecule has 2 aromatic carbocycles. The molecule has 0 unspecified atom stereocenters. The lowest BCUT2D eigenvalue weighted by molar-refractivity contribution is -0.137. The van der Waals surface area contributed by atoms with Gasteiger partial charge in [-0.1, -0.05) is 12.1 Å². The van der Waals surface area contributed by atoms with Crippen LogP contribution in [0.2, 0.25) is 0 Å². The molecule has 0 fully saturated rings. The van der Waals surface area contributed by atoms with Gasteiger partial charge in [-0.05, 0) is 53.9 Å². The standard InChI is InChI=1S/C25H22F3NO6/c1-32-21-11-15-8-9-29(13-17(15)12-22(21)33-2)23(30)14-34-24(31)20-7-6-19(35-20)16-4-3-5-18(10-16)25(26,27)28/h3-7,10-12H,8-9,13-14H2,1-2H3. The number of nitrogens with zero attached hydrogens (tertiary/aromatic N) is 1. The van der Waals surface area contributed by atoms with E-state index in [-0.39, 0.29) is 23.0 Å². The van der Waals surface area contributed by atoms with Crippen LogP contribution in [0.1, 0.15) is 27.2 Å². The van der Waals surface area contributed by atoms with Crippen LogP contribution in [0.4, 0.5) is 13.2 Å². The van der Waals surface area contributed by atoms with E-state index in [9.17, 15) is 22.8 Å². The SMILES string of the molecule is COc1cc2c(cc1OC)CN(C(=O)COC(=O)c1ccc(-c3cccc(C(F)(F)F)c3)o1)CC2. The Morgan fingerprint density at radius 1 is 1.00 bits per heavy atom. The van der Waals surface area contributed by atoms with Crippen molar-refractivity contribution in [2.75, 3.05) is 27.4 Å². The number of hydrogen-bond donors (Lipinski definition) is 0. The van der Waals surface area contributed by atoms with Crippen molar-refractivity contribution in [3.05, 3.63) is 71.0 Å². The van der Waals surface area contributed by atoms with Gasteiger partial charge in [0.1, 0.15) is 5.76 Å². The molecule has 1 aliphatic heterocycles. The summed E-state index contributed by atoms with van der Waals surface area (Å²) in [6.45, 7) is 0.271. The molecule has 35 heavy (non-hydrogen) atoms. The van der Waals surface area contributed by atoms with Gasteiger partial charge in [0.2, 0.25) is 5.76 Å². The number of carbonyl (C=O) groups excluding carboxylic acids is 2. The Morgan fingerprint density at radius 3 is 2.40 bits per heavy atom. The van der Waals surface area contributed by atoms with E-state index in [0.29, 0.717) is 31.0 Å². The van der Waals surface area contributed by atoms with E-state index >= 15 is 0 Å². The van der Waals surface area contributed by atoms with Gasteiger partial charge in [0, 0.05) is 18.7 Å². The Hall–Kier alpha value is -3.95. The van der Waals surface area contributed by atoms with Gasteiger partial charge in [0.25, 0.3) is 5.91 Å². The van der Waals surface area contributed by atoms with E-state index in [2.05, 4.69) is 0 Å². The predicted molar refractivity (Wildman–Crippen MR) is 118 cm³/mol. The first-order valence-electron chi connectivity index (χ1n) is 10.7. The lowest BCUT2D eigenvalue weighted by atomic mass is 9.99. The topological polar surface area (TPSA) is 78.2 Å². The molecule has 184 valence electrons. The third kappa shape index (κ3) is 5.26. The smallest absolute Gasteiger partial charge is 0.416 e. The number of furan rings is 1. The number of fused-ring (bicyclic) bond motifs is 1. The Bertz CT molecular complexity index is 1250. The molecule has 1 amide bonds. The molecule has 1 aliphatic rings. The van der Waals surface area contributed by atoms with Crippen molar-refractivity contribution < 1.29 is 41.4 Å². The van der Waals surface area contributed by atoms with Gasteiger partial charge in [-0.3, -0.25) is 4.79 Å². The fraction of sp³-hybridized carbons (Fsp3) is 0.280. The summed E-state index contributed by atoms with van der Waals surface area (Å²) in [7, 11) is 3.08. The normalized spacial score (nSPS) is 13.2. The van der Waals surface area contributed by atoms with E-state index in [1.807, 2.05) is 12.1 Å². The first kappa shape index (κ1) is 24.2. The zero-order valence-corrected chi connectivity index (χ0v) is 19.0. The number of alkyl halides is 3. The number of halogens is 3. The molecule has 3 aromatic rings. The maximum Gasteiger partial charge on any atom is 0.416 e. The summed E-state index contributed by atoms with van der Waals surface area (Å²) in [4.78, 5) is 26.6. The van der Waals surface area contributed by atoms with Crippen LogP contribution < -0.4 is 9.47 Å². The molecule has 4 rings (SSSR count). The molecule has 0 saturated carbocycles. The molecular formula is C25H22F3NO6. The van der Waals surface area contributed by atoms with E-state index in [4.69, 9.17) is 18.6 Å². The highest BCUT2D eigenvalue weighted by Crippen LogP contribution is 2.34. The van der Waals surface area contributed by atoms with Crippen molar-refractivity contribution >= 4 is 11.9 Å². The number of carbonyl (C=O) groups is 2. The van der Waals surface area contributed by atoms with E-state index < -0.39 is 24.3 Å². The third-order valence-electron chi connectivity index (χ3n) is 5.68. The highest BCUT2D eigenvalue weighted by molar-refractivity contribution is 5.89. The number of benzene rings is 2. The fourth-order valence-electron chi connectivity index (χ4n) is 3.84. The summed E-state index contributed by atoms with van der Waals surface area (Å²) in [6, 6.07) is 10.9. The van der Waals surface area contributed by atoms with Crippen LogP contribution in [0.15, 0.2) is 52.9 Å². The van der Waals surface area contributed by atoms with Gasteiger partial charge in [-0.15, -0.1) is 0 Å². The number of hydrogen-bond acceptors (Lipinski definition) is 6. The van der Waals surface area contributed by atoms with Crippen LogP contribution >= 0.6 is 0 Å². The maximum atomic E-state index is 12.9. The fourth-order valence-corrected chi connectivity index (χ4v) is 3.84. The number of esters is 1. The Labute approximate surface area is 199 Å². The van der Waals surface area contributed by atoms with Crippen LogP contribution in [-0.4, -0.2) is 44.1 Å². The molecule has 2 heterocycles. The Morgan fingerprint density at radius 2 is 1.71 bits per heavy atom. The summed E-state index contributed by atoms with van der Waals surface area (Å²) < 4.78 is 59.9. The minimum absolute atomic E-state index is 0.0754. The van der Waals surface area contributed by atoms with E-state index in [1.54, 1.807) is 12.0 Å². The number of amides is 1. The summed E-state index contributed by atoms with van der Waals surface area (Å²) in [5.74, 6) is -0.245. The van der Waals surface area contributed by atoms with Crippen LogP contribution in [-0.2, 0) is 28.7 Å². The van der Waals surface area contributed by atoms with Crippen LogP contribution in [0, 0.1) is 0 Å². The minimum atomic E-state index is -4.50. The monoisotopic (exact) mass is 489 g/mol. The largest absolute Gasteiger partial charge is 0.493 e. The molecular weight excluding hydrogens is 467 g/mol. The molecule has 0 aliphatic carbocycles. The predicted octanol–water partition coefficient (Wildman–Crippen LogP) is 4.72. The van der Waals surface area contributed by atoms with Crippen molar-refractivity contribution in [1.29, 1.82) is 0 Å². The van der Waals surface area contributed by atoms with Crippen molar-refractivity contribution in [2.45, 2.75) is 19.1 Å². The molecule has 0 bridgehead atoms. The van der Waals surface area contributed by atoms with Gasteiger partial charge in [-0.2, -0.15) is 13.2 Å². The van der Waals surface area contributed by atoms with E-state index in [1.165, 1.54) is 31.4 Å². The summed E-state index contributed by atoms with van der Waals surface area (Å²) in [6.07, 6.45) is -3.90. The lowest BCUT2D eigenvalue weighted by Gasteiger charge is -2.29. The highest BCUT2D eigenvalue weighted by atomic mass is 19.4. The molecule has 7 nitrogen and oxygen atoms in total. The van der Waals surface area contributed by atoms with Crippen LogP contribution in [0.25, 0.3) is 11.3 Å². The molecule has 1 aromatic heterocycles. The second-order valence-corrected chi connectivity index (χ2v) is 7.86. The number of rotatable bonds is 6. The van der Waals surface area contributed by atoms with Crippen molar-refractivity contribution in [2.24, 2.45) is 0 Å². The van der Waals surface area contributed by atoms with Gasteiger partial charge in [0.05, 0.1) is 19.8 Å². The first-order chi connectivity index (χ1) is 16.7. The third-order valence-corrected chi connectivity index (χ3v) is 5.68. The highest BCUT2D eigenvalue weighted by Gasteiger charge is 2.31. The quantitative estimate of drug-likeness (QED) is 0.466. The molecule has 0 atom stereocenters. The second kappa shape index (κ2) is 9.73.